The van der Waals surface area contributed by atoms with Crippen molar-refractivity contribution in [2.75, 3.05) is 12.4 Å². The number of hydrogen-bond donors (Lipinski definition) is 2. The van der Waals surface area contributed by atoms with Gasteiger partial charge in [0.2, 0.25) is 0 Å². The molecule has 0 fully saturated rings. The molecule has 0 bridgehead atoms. The SMILES string of the molecule is COC(=O)C(Nc1nc(C(=O)O)c(C)s1)C(C)C. The van der Waals surface area contributed by atoms with Crippen LogP contribution in [0.3, 0.4) is 0 Å². The molecule has 0 radical (unpaired) electrons. The number of methoxy groups -OCH3 is 1. The number of aromatic nitrogens is 1. The second-order valence-electron chi connectivity index (χ2n) is 4.12. The van der Waals surface area contributed by atoms with Crippen LogP contribution >= 0.6 is 11.3 Å². The van der Waals surface area contributed by atoms with Gasteiger partial charge in [0.05, 0.1) is 7.11 Å². The van der Waals surface area contributed by atoms with E-state index in [-0.39, 0.29) is 11.6 Å². The molecule has 0 spiro atoms. The first-order valence-electron chi connectivity index (χ1n) is 5.42. The standard InChI is InChI=1S/C11H16N2O4S/c1-5(2)7(10(16)17-4)12-11-13-8(9(14)15)6(3)18-11/h5,7H,1-4H3,(H,12,13)(H,14,15). The topological polar surface area (TPSA) is 88.5 Å². The molecule has 2 N–H and O–H groups in total. The Hall–Kier alpha value is -1.63. The van der Waals surface area contributed by atoms with Crippen molar-refractivity contribution >= 4 is 28.4 Å². The predicted molar refractivity (Wildman–Crippen MR) is 68.1 cm³/mol. The molecule has 1 unspecified atom stereocenters. The molecule has 1 heterocycles. The van der Waals surface area contributed by atoms with E-state index in [4.69, 9.17) is 5.11 Å². The van der Waals surface area contributed by atoms with Crippen molar-refractivity contribution in [3.63, 3.8) is 0 Å². The summed E-state index contributed by atoms with van der Waals surface area (Å²) in [7, 11) is 1.31. The lowest BCUT2D eigenvalue weighted by Gasteiger charge is -2.18. The largest absolute Gasteiger partial charge is 0.476 e. The Balaban J connectivity index is 2.91. The number of carboxylic acids is 1. The molecule has 0 amide bonds. The Labute approximate surface area is 109 Å². The summed E-state index contributed by atoms with van der Waals surface area (Å²) in [5.41, 5.74) is 0.00914. The smallest absolute Gasteiger partial charge is 0.355 e. The summed E-state index contributed by atoms with van der Waals surface area (Å²) in [4.78, 5) is 27.0. The van der Waals surface area contributed by atoms with Gasteiger partial charge < -0.3 is 15.2 Å². The highest BCUT2D eigenvalue weighted by Crippen LogP contribution is 2.24. The number of thiazole rings is 1. The van der Waals surface area contributed by atoms with Crippen molar-refractivity contribution in [1.82, 2.24) is 4.98 Å². The first-order chi connectivity index (χ1) is 8.36. The summed E-state index contributed by atoms with van der Waals surface area (Å²) in [6.45, 7) is 5.41. The van der Waals surface area contributed by atoms with Crippen LogP contribution in [0.25, 0.3) is 0 Å². The summed E-state index contributed by atoms with van der Waals surface area (Å²) in [6, 6.07) is -0.540. The lowest BCUT2D eigenvalue weighted by atomic mass is 10.1. The number of carbonyl (C=O) groups excluding carboxylic acids is 1. The molecule has 0 aliphatic carbocycles. The maximum atomic E-state index is 11.6. The minimum Gasteiger partial charge on any atom is -0.476 e. The van der Waals surface area contributed by atoms with Crippen molar-refractivity contribution in [3.05, 3.63) is 10.6 Å². The number of aromatic carboxylic acids is 1. The molecule has 0 saturated carbocycles. The molecule has 0 aliphatic heterocycles. The van der Waals surface area contributed by atoms with Gasteiger partial charge in [0, 0.05) is 4.88 Å². The molecule has 100 valence electrons. The highest BCUT2D eigenvalue weighted by molar-refractivity contribution is 7.15. The van der Waals surface area contributed by atoms with Gasteiger partial charge in [0.25, 0.3) is 0 Å². The molecular weight excluding hydrogens is 256 g/mol. The van der Waals surface area contributed by atoms with Crippen LogP contribution in [-0.4, -0.2) is 35.2 Å². The number of carboxylic acid groups (broad SMARTS) is 1. The molecule has 1 rings (SSSR count). The predicted octanol–water partition coefficient (Wildman–Crippen LogP) is 1.76. The fourth-order valence-corrected chi connectivity index (χ4v) is 2.26. The number of carbonyl (C=O) groups is 2. The maximum Gasteiger partial charge on any atom is 0.355 e. The van der Waals surface area contributed by atoms with Crippen LogP contribution in [0.2, 0.25) is 0 Å². The molecule has 6 nitrogen and oxygen atoms in total. The van der Waals surface area contributed by atoms with E-state index in [0.717, 1.165) is 0 Å². The van der Waals surface area contributed by atoms with E-state index in [1.807, 2.05) is 13.8 Å². The first-order valence-corrected chi connectivity index (χ1v) is 6.23. The van der Waals surface area contributed by atoms with Gasteiger partial charge in [-0.3, -0.25) is 0 Å². The highest BCUT2D eigenvalue weighted by atomic mass is 32.1. The molecule has 7 heteroatoms. The van der Waals surface area contributed by atoms with Crippen molar-refractivity contribution in [2.24, 2.45) is 5.92 Å². The van der Waals surface area contributed by atoms with E-state index >= 15 is 0 Å². The first kappa shape index (κ1) is 14.4. The van der Waals surface area contributed by atoms with Crippen LogP contribution in [0.1, 0.15) is 29.2 Å². The van der Waals surface area contributed by atoms with Gasteiger partial charge in [0.15, 0.2) is 10.8 Å². The number of rotatable bonds is 5. The average Bonchev–Trinajstić information content (AvgIpc) is 2.66. The molecule has 1 atom stereocenters. The molecule has 1 aromatic rings. The van der Waals surface area contributed by atoms with Crippen LogP contribution < -0.4 is 5.32 Å². The third-order valence-corrected chi connectivity index (χ3v) is 3.30. The zero-order valence-electron chi connectivity index (χ0n) is 10.7. The number of aryl methyl sites for hydroxylation is 1. The third kappa shape index (κ3) is 3.19. The molecule has 0 saturated heterocycles. The van der Waals surface area contributed by atoms with Gasteiger partial charge in [-0.2, -0.15) is 0 Å². The van der Waals surface area contributed by atoms with Crippen molar-refractivity contribution < 1.29 is 19.4 Å². The van der Waals surface area contributed by atoms with Gasteiger partial charge in [0.1, 0.15) is 6.04 Å². The number of ether oxygens (including phenoxy) is 1. The van der Waals surface area contributed by atoms with E-state index in [1.54, 1.807) is 6.92 Å². The lowest BCUT2D eigenvalue weighted by Crippen LogP contribution is -2.35. The lowest BCUT2D eigenvalue weighted by molar-refractivity contribution is -0.142. The number of esters is 1. The van der Waals surface area contributed by atoms with Crippen LogP contribution in [0, 0.1) is 12.8 Å². The number of nitrogens with zero attached hydrogens (tertiary/aromatic N) is 1. The van der Waals surface area contributed by atoms with Crippen molar-refractivity contribution in [1.29, 1.82) is 0 Å². The molecule has 18 heavy (non-hydrogen) atoms. The van der Waals surface area contributed by atoms with Gasteiger partial charge >= 0.3 is 11.9 Å². The van der Waals surface area contributed by atoms with Crippen LogP contribution in [0.15, 0.2) is 0 Å². The minimum absolute atomic E-state index is 0.00914. The summed E-state index contributed by atoms with van der Waals surface area (Å²) in [5.74, 6) is -1.46. The second-order valence-corrected chi connectivity index (χ2v) is 5.32. The molecule has 0 aliphatic rings. The van der Waals surface area contributed by atoms with Gasteiger partial charge in [-0.15, -0.1) is 11.3 Å². The van der Waals surface area contributed by atoms with Gasteiger partial charge in [-0.05, 0) is 12.8 Å². The monoisotopic (exact) mass is 272 g/mol. The molecular formula is C11H16N2O4S. The van der Waals surface area contributed by atoms with Crippen molar-refractivity contribution in [2.45, 2.75) is 26.8 Å². The number of anilines is 1. The van der Waals surface area contributed by atoms with E-state index in [1.165, 1.54) is 18.4 Å². The quantitative estimate of drug-likeness (QED) is 0.794. The van der Waals surface area contributed by atoms with E-state index < -0.39 is 18.0 Å². The second kappa shape index (κ2) is 5.81. The average molecular weight is 272 g/mol. The Morgan fingerprint density at radius 1 is 1.44 bits per heavy atom. The van der Waals surface area contributed by atoms with Crippen LogP contribution in [0.5, 0.6) is 0 Å². The summed E-state index contributed by atoms with van der Waals surface area (Å²) < 4.78 is 4.69. The number of nitrogens with one attached hydrogen (secondary N) is 1. The Morgan fingerprint density at radius 2 is 2.06 bits per heavy atom. The Kier molecular flexibility index (Phi) is 4.66. The van der Waals surface area contributed by atoms with E-state index in [2.05, 4.69) is 15.0 Å². The molecule has 1 aromatic heterocycles. The zero-order valence-corrected chi connectivity index (χ0v) is 11.5. The van der Waals surface area contributed by atoms with Crippen LogP contribution in [-0.2, 0) is 9.53 Å². The van der Waals surface area contributed by atoms with Gasteiger partial charge in [-0.25, -0.2) is 14.6 Å². The zero-order chi connectivity index (χ0) is 13.9. The van der Waals surface area contributed by atoms with Crippen LogP contribution in [0.4, 0.5) is 5.13 Å². The fraction of sp³-hybridized carbons (Fsp3) is 0.545. The summed E-state index contributed by atoms with van der Waals surface area (Å²) >= 11 is 1.21. The maximum absolute atomic E-state index is 11.6. The van der Waals surface area contributed by atoms with Gasteiger partial charge in [-0.1, -0.05) is 13.8 Å². The minimum atomic E-state index is -1.07. The van der Waals surface area contributed by atoms with E-state index in [0.29, 0.717) is 10.0 Å². The molecule has 0 aromatic carbocycles. The fourth-order valence-electron chi connectivity index (χ4n) is 1.41. The Morgan fingerprint density at radius 3 is 2.44 bits per heavy atom. The third-order valence-electron chi connectivity index (χ3n) is 2.40. The highest BCUT2D eigenvalue weighted by Gasteiger charge is 2.25. The summed E-state index contributed by atoms with van der Waals surface area (Å²) in [5, 5.41) is 12.2. The summed E-state index contributed by atoms with van der Waals surface area (Å²) in [6.07, 6.45) is 0. The normalized spacial score (nSPS) is 12.3. The number of hydrogen-bond acceptors (Lipinski definition) is 6. The van der Waals surface area contributed by atoms with E-state index in [9.17, 15) is 9.59 Å². The van der Waals surface area contributed by atoms with Crippen molar-refractivity contribution in [3.8, 4) is 0 Å². The Bertz CT molecular complexity index is 456.